The van der Waals surface area contributed by atoms with Crippen molar-refractivity contribution in [2.75, 3.05) is 17.9 Å². The highest BCUT2D eigenvalue weighted by Crippen LogP contribution is 2.30. The first-order valence-electron chi connectivity index (χ1n) is 12.2. The third kappa shape index (κ3) is 5.55. The lowest BCUT2D eigenvalue weighted by atomic mass is 10.1. The Kier molecular flexibility index (Phi) is 7.71. The van der Waals surface area contributed by atoms with Crippen molar-refractivity contribution < 1.29 is 29.0 Å². The number of carbonyl (C=O) groups is 4. The summed E-state index contributed by atoms with van der Waals surface area (Å²) in [6.07, 6.45) is 0. The molecule has 0 saturated heterocycles. The summed E-state index contributed by atoms with van der Waals surface area (Å²) in [6, 6.07) is 9.30. The van der Waals surface area contributed by atoms with E-state index in [1.54, 1.807) is 24.3 Å². The third-order valence-electron chi connectivity index (χ3n) is 6.03. The number of methoxy groups -OCH3 is 1. The number of carboxylic acids is 1. The molecule has 4 aromatic heterocycles. The predicted octanol–water partition coefficient (Wildman–Crippen LogP) is 3.28. The van der Waals surface area contributed by atoms with Gasteiger partial charge < -0.3 is 20.1 Å². The summed E-state index contributed by atoms with van der Waals surface area (Å²) < 4.78 is 7.01. The van der Waals surface area contributed by atoms with Crippen LogP contribution in [0.25, 0.3) is 42.2 Å². The first kappa shape index (κ1) is 29.0. The number of amides is 2. The van der Waals surface area contributed by atoms with Crippen LogP contribution in [0.3, 0.4) is 0 Å². The molecular formula is C27H20N6O8S2. The van der Waals surface area contributed by atoms with Crippen LogP contribution in [0, 0.1) is 0 Å². The topological polar surface area (TPSA) is 202 Å². The summed E-state index contributed by atoms with van der Waals surface area (Å²) in [7, 11) is 1.29. The van der Waals surface area contributed by atoms with Crippen LogP contribution in [0.4, 0.5) is 5.13 Å². The number of nitrogens with zero attached hydrogens (tertiary/aromatic N) is 3. The van der Waals surface area contributed by atoms with E-state index in [1.165, 1.54) is 61.3 Å². The number of pyridine rings is 2. The molecule has 0 radical (unpaired) electrons. The average Bonchev–Trinajstić information content (AvgIpc) is 3.62. The van der Waals surface area contributed by atoms with Gasteiger partial charge in [0.05, 0.1) is 44.2 Å². The van der Waals surface area contributed by atoms with Gasteiger partial charge in [-0.2, -0.15) is 0 Å². The summed E-state index contributed by atoms with van der Waals surface area (Å²) in [4.78, 5) is 80.4. The van der Waals surface area contributed by atoms with E-state index < -0.39 is 23.4 Å². The van der Waals surface area contributed by atoms with Crippen LogP contribution in [0.1, 0.15) is 34.6 Å². The molecule has 14 nitrogen and oxygen atoms in total. The molecule has 0 saturated carbocycles. The molecule has 0 atom stereocenters. The zero-order chi connectivity index (χ0) is 31.0. The normalized spacial score (nSPS) is 10.9. The van der Waals surface area contributed by atoms with E-state index in [-0.39, 0.29) is 28.1 Å². The highest BCUT2D eigenvalue weighted by molar-refractivity contribution is 7.23. The van der Waals surface area contributed by atoms with Gasteiger partial charge in [0.15, 0.2) is 5.13 Å². The molecular weight excluding hydrogens is 600 g/mol. The van der Waals surface area contributed by atoms with E-state index in [9.17, 15) is 28.8 Å². The molecule has 4 heterocycles. The van der Waals surface area contributed by atoms with Gasteiger partial charge in [0.2, 0.25) is 11.8 Å². The van der Waals surface area contributed by atoms with Gasteiger partial charge in [0, 0.05) is 24.6 Å². The van der Waals surface area contributed by atoms with Crippen LogP contribution in [0.2, 0.25) is 0 Å². The Bertz CT molecular complexity index is 2250. The lowest BCUT2D eigenvalue weighted by Gasteiger charge is -2.11. The van der Waals surface area contributed by atoms with Crippen LogP contribution in [0.15, 0.2) is 51.5 Å². The number of carbonyl (C=O) groups excluding carboxylic acids is 3. The molecule has 0 fully saturated rings. The monoisotopic (exact) mass is 620 g/mol. The van der Waals surface area contributed by atoms with Crippen molar-refractivity contribution in [3.8, 4) is 0 Å². The molecule has 0 unspecified atom stereocenters. The molecule has 0 spiro atoms. The van der Waals surface area contributed by atoms with E-state index in [0.717, 1.165) is 10.1 Å². The Hall–Kier alpha value is -5.48. The van der Waals surface area contributed by atoms with E-state index >= 15 is 0 Å². The molecule has 0 aliphatic rings. The maximum absolute atomic E-state index is 12.4. The van der Waals surface area contributed by atoms with Crippen LogP contribution < -0.4 is 21.9 Å². The number of hydrogen-bond acceptors (Lipinski definition) is 11. The predicted molar refractivity (Wildman–Crippen MR) is 162 cm³/mol. The van der Waals surface area contributed by atoms with E-state index in [4.69, 9.17) is 5.11 Å². The molecule has 43 heavy (non-hydrogen) atoms. The molecule has 6 rings (SSSR count). The molecule has 0 aliphatic carbocycles. The lowest BCUT2D eigenvalue weighted by Crippen LogP contribution is -2.32. The standard InChI is InChI=1S/C14H11N3O4S.C13H9N3O4S/c1-6(18)15-14-17-10-11(22-14)8-4-3-7(13(20)21-2)5-9(8)16-12(10)19;1-6(17)15-16-9-4-7(13(19)20)2-3-8(9)11-10(12(16)18)14-5-21-11/h3-5H,1-2H3,(H,16,19)(H,15,17,18);2-5H,1H3,(H,15,17)(H,19,20). The maximum Gasteiger partial charge on any atom is 0.337 e. The largest absolute Gasteiger partial charge is 0.478 e. The second-order valence-corrected chi connectivity index (χ2v) is 10.8. The van der Waals surface area contributed by atoms with Crippen molar-refractivity contribution in [2.45, 2.75) is 13.8 Å². The Morgan fingerprint density at radius 3 is 2.35 bits per heavy atom. The highest BCUT2D eigenvalue weighted by Gasteiger charge is 2.16. The van der Waals surface area contributed by atoms with E-state index in [0.29, 0.717) is 36.5 Å². The number of thiazole rings is 2. The molecule has 16 heteroatoms. The summed E-state index contributed by atoms with van der Waals surface area (Å²) >= 11 is 2.50. The maximum atomic E-state index is 12.4. The zero-order valence-electron chi connectivity index (χ0n) is 22.5. The number of aromatic amines is 1. The number of nitrogens with one attached hydrogen (secondary N) is 3. The lowest BCUT2D eigenvalue weighted by molar-refractivity contribution is -0.115. The quantitative estimate of drug-likeness (QED) is 0.212. The first-order chi connectivity index (χ1) is 20.5. The second kappa shape index (κ2) is 11.4. The zero-order valence-corrected chi connectivity index (χ0v) is 24.1. The molecule has 2 amide bonds. The number of fused-ring (bicyclic) bond motifs is 6. The minimum absolute atomic E-state index is 0.0323. The number of hydrogen-bond donors (Lipinski definition) is 4. The van der Waals surface area contributed by atoms with Crippen molar-refractivity contribution in [3.05, 3.63) is 73.7 Å². The number of aromatic carboxylic acids is 1. The van der Waals surface area contributed by atoms with Crippen LogP contribution in [-0.4, -0.2) is 55.6 Å². The summed E-state index contributed by atoms with van der Waals surface area (Å²) in [5, 5.41) is 13.4. The number of anilines is 1. The SMILES string of the molecule is CC(=O)Nn1c(=O)c2ncsc2c2ccc(C(=O)O)cc21.COC(=O)c1ccc2c(c1)[nH]c(=O)c1nc(NC(C)=O)sc12. The number of esters is 1. The number of carboxylic acid groups (broad SMARTS) is 1. The fourth-order valence-electron chi connectivity index (χ4n) is 4.25. The van der Waals surface area contributed by atoms with Gasteiger partial charge in [-0.25, -0.2) is 24.2 Å². The Morgan fingerprint density at radius 1 is 0.953 bits per heavy atom. The van der Waals surface area contributed by atoms with Gasteiger partial charge in [-0.05, 0) is 24.3 Å². The van der Waals surface area contributed by atoms with Crippen LogP contribution >= 0.6 is 22.7 Å². The molecule has 2 aromatic carbocycles. The first-order valence-corrected chi connectivity index (χ1v) is 13.9. The highest BCUT2D eigenvalue weighted by atomic mass is 32.1. The fraction of sp³-hybridized carbons (Fsp3) is 0.111. The van der Waals surface area contributed by atoms with Gasteiger partial charge in [0.1, 0.15) is 11.0 Å². The number of rotatable bonds is 4. The van der Waals surface area contributed by atoms with Gasteiger partial charge in [-0.1, -0.05) is 23.5 Å². The Balaban J connectivity index is 0.000000171. The summed E-state index contributed by atoms with van der Waals surface area (Å²) in [6.45, 7) is 2.64. The molecule has 6 aromatic rings. The molecule has 0 aliphatic heterocycles. The number of H-pyrrole nitrogens is 1. The minimum Gasteiger partial charge on any atom is -0.478 e. The molecule has 4 N–H and O–H groups in total. The van der Waals surface area contributed by atoms with Gasteiger partial charge in [-0.15, -0.1) is 11.3 Å². The van der Waals surface area contributed by atoms with Crippen molar-refractivity contribution in [1.29, 1.82) is 0 Å². The van der Waals surface area contributed by atoms with Crippen molar-refractivity contribution in [3.63, 3.8) is 0 Å². The van der Waals surface area contributed by atoms with Crippen molar-refractivity contribution in [2.24, 2.45) is 0 Å². The third-order valence-corrected chi connectivity index (χ3v) is 7.90. The van der Waals surface area contributed by atoms with E-state index in [1.807, 2.05) is 0 Å². The van der Waals surface area contributed by atoms with Gasteiger partial charge in [-0.3, -0.25) is 24.6 Å². The van der Waals surface area contributed by atoms with Crippen molar-refractivity contribution in [1.82, 2.24) is 19.6 Å². The number of ether oxygens (including phenoxy) is 1. The van der Waals surface area contributed by atoms with E-state index in [2.05, 4.69) is 30.4 Å². The number of benzene rings is 2. The smallest absolute Gasteiger partial charge is 0.337 e. The molecule has 218 valence electrons. The van der Waals surface area contributed by atoms with Gasteiger partial charge in [0.25, 0.3) is 11.1 Å². The second-order valence-electron chi connectivity index (χ2n) is 8.96. The summed E-state index contributed by atoms with van der Waals surface area (Å²) in [5.41, 5.74) is 4.78. The molecule has 0 bridgehead atoms. The minimum atomic E-state index is -1.11. The number of aromatic nitrogens is 4. The van der Waals surface area contributed by atoms with Crippen molar-refractivity contribution >= 4 is 93.8 Å². The Morgan fingerprint density at radius 2 is 1.67 bits per heavy atom. The average molecular weight is 621 g/mol. The Labute approximate surface area is 247 Å². The van der Waals surface area contributed by atoms with Crippen LogP contribution in [-0.2, 0) is 14.3 Å². The fourth-order valence-corrected chi connectivity index (χ4v) is 6.11. The van der Waals surface area contributed by atoms with Gasteiger partial charge >= 0.3 is 11.9 Å². The summed E-state index contributed by atoms with van der Waals surface area (Å²) in [5.74, 6) is -2.28. The van der Waals surface area contributed by atoms with Crippen LogP contribution in [0.5, 0.6) is 0 Å².